The number of hydrogen-bond acceptors (Lipinski definition) is 25. The average Bonchev–Trinajstić information content (AvgIpc) is 3.20. The summed E-state index contributed by atoms with van der Waals surface area (Å²) in [7, 11) is 0. The predicted molar refractivity (Wildman–Crippen MR) is 193 cm³/mol. The van der Waals surface area contributed by atoms with Gasteiger partial charge in [-0.05, 0) is 20.8 Å². The lowest BCUT2D eigenvalue weighted by Crippen LogP contribution is -2.69. The molecule has 5 heterocycles. The van der Waals surface area contributed by atoms with E-state index in [-0.39, 0.29) is 0 Å². The molecule has 358 valence electrons. The third kappa shape index (κ3) is 11.2. The van der Waals surface area contributed by atoms with E-state index in [1.165, 1.54) is 20.8 Å². The summed E-state index contributed by atoms with van der Waals surface area (Å²) in [5, 5.41) is 122. The third-order valence-corrected chi connectivity index (χ3v) is 11.1. The summed E-state index contributed by atoms with van der Waals surface area (Å²) in [5.41, 5.74) is 0. The summed E-state index contributed by atoms with van der Waals surface area (Å²) >= 11 is 0. The Kier molecular flexibility index (Phi) is 17.4. The minimum atomic E-state index is -2.11. The van der Waals surface area contributed by atoms with Crippen molar-refractivity contribution in [3.05, 3.63) is 0 Å². The Bertz CT molecular complexity index is 1500. The lowest BCUT2D eigenvalue weighted by Gasteiger charge is -2.51. The SMILES string of the molecule is CC(=O)N[C@@H]1[C@@H](O[C@@H]2O[C@@H](C)[C@H](O[C@H]3O[C@H](CO)[C@@H](O)[C@H](O)[C@H]3O)[C@@H](O[C@@H]3O[C@@H](C)[C@H](O)[C@@H](O)[C@H]3O[C@@H]3O[C@@H](C)[C@H](O)[C@@H](OC(C)=O)[C@H]3O)[C@H]2O)[C@H](O)[C@@H](COC(C)=O)O[C@H]1O. The Morgan fingerprint density at radius 2 is 1.02 bits per heavy atom. The maximum absolute atomic E-state index is 12.2. The van der Waals surface area contributed by atoms with Crippen molar-refractivity contribution in [2.45, 2.75) is 195 Å². The number of esters is 2. The van der Waals surface area contributed by atoms with Gasteiger partial charge < -0.3 is 114 Å². The van der Waals surface area contributed by atoms with Crippen molar-refractivity contribution in [2.75, 3.05) is 13.2 Å². The number of carbonyl (C=O) groups is 3. The number of ether oxygens (including phenoxy) is 11. The zero-order valence-corrected chi connectivity index (χ0v) is 34.5. The van der Waals surface area contributed by atoms with Crippen LogP contribution < -0.4 is 5.32 Å². The van der Waals surface area contributed by atoms with Crippen LogP contribution >= 0.6 is 0 Å². The molecule has 12 N–H and O–H groups in total. The lowest BCUT2D eigenvalue weighted by atomic mass is 9.94. The van der Waals surface area contributed by atoms with Crippen LogP contribution in [0.25, 0.3) is 0 Å². The predicted octanol–water partition coefficient (Wildman–Crippen LogP) is -7.56. The second-order valence-electron chi connectivity index (χ2n) is 15.8. The van der Waals surface area contributed by atoms with Gasteiger partial charge in [0.15, 0.2) is 37.6 Å². The van der Waals surface area contributed by atoms with Crippen molar-refractivity contribution < 1.29 is 123 Å². The number of carbonyl (C=O) groups excluding carboxylic acids is 3. The van der Waals surface area contributed by atoms with Crippen molar-refractivity contribution in [3.63, 3.8) is 0 Å². The van der Waals surface area contributed by atoms with Crippen LogP contribution in [0, 0.1) is 0 Å². The minimum absolute atomic E-state index is 0.586. The first-order valence-corrected chi connectivity index (χ1v) is 19.9. The van der Waals surface area contributed by atoms with Gasteiger partial charge in [0, 0.05) is 20.8 Å². The molecule has 0 spiro atoms. The van der Waals surface area contributed by atoms with Crippen LogP contribution in [0.3, 0.4) is 0 Å². The number of aliphatic hydroxyl groups excluding tert-OH is 11. The fourth-order valence-electron chi connectivity index (χ4n) is 7.76. The minimum Gasteiger partial charge on any atom is -0.463 e. The highest BCUT2D eigenvalue weighted by atomic mass is 16.8. The third-order valence-electron chi connectivity index (χ3n) is 11.1. The lowest BCUT2D eigenvalue weighted by molar-refractivity contribution is -0.402. The van der Waals surface area contributed by atoms with Crippen LogP contribution in [0.5, 0.6) is 0 Å². The van der Waals surface area contributed by atoms with Gasteiger partial charge in [-0.3, -0.25) is 14.4 Å². The van der Waals surface area contributed by atoms with Crippen molar-refractivity contribution in [1.29, 1.82) is 0 Å². The molecule has 0 radical (unpaired) electrons. The molecule has 5 saturated heterocycles. The molecule has 5 fully saturated rings. The van der Waals surface area contributed by atoms with Gasteiger partial charge in [0.1, 0.15) is 104 Å². The van der Waals surface area contributed by atoms with Crippen molar-refractivity contribution >= 4 is 17.8 Å². The van der Waals surface area contributed by atoms with Crippen LogP contribution in [0.4, 0.5) is 0 Å². The van der Waals surface area contributed by atoms with E-state index in [1.54, 1.807) is 0 Å². The fourth-order valence-corrected chi connectivity index (χ4v) is 7.76. The highest BCUT2D eigenvalue weighted by Crippen LogP contribution is 2.37. The van der Waals surface area contributed by atoms with Gasteiger partial charge in [0.25, 0.3) is 0 Å². The van der Waals surface area contributed by atoms with E-state index in [2.05, 4.69) is 5.32 Å². The summed E-state index contributed by atoms with van der Waals surface area (Å²) in [5.74, 6) is -2.35. The molecule has 5 aliphatic heterocycles. The zero-order valence-electron chi connectivity index (χ0n) is 34.5. The summed E-state index contributed by atoms with van der Waals surface area (Å²) < 4.78 is 62.8. The monoisotopic (exact) mass is 905 g/mol. The molecule has 1 amide bonds. The van der Waals surface area contributed by atoms with Gasteiger partial charge in [-0.2, -0.15) is 0 Å². The molecule has 26 heteroatoms. The molecule has 0 unspecified atom stereocenters. The molecule has 62 heavy (non-hydrogen) atoms. The zero-order chi connectivity index (χ0) is 46.1. The Balaban J connectivity index is 1.50. The van der Waals surface area contributed by atoms with Gasteiger partial charge in [0.2, 0.25) is 5.91 Å². The van der Waals surface area contributed by atoms with Gasteiger partial charge in [-0.15, -0.1) is 0 Å². The molecule has 5 rings (SSSR count). The number of rotatable bonds is 13. The second kappa shape index (κ2) is 21.3. The molecule has 5 aliphatic rings. The van der Waals surface area contributed by atoms with Crippen LogP contribution in [0.2, 0.25) is 0 Å². The average molecular weight is 906 g/mol. The Hall–Kier alpha value is -2.39. The van der Waals surface area contributed by atoms with Gasteiger partial charge in [-0.25, -0.2) is 0 Å². The van der Waals surface area contributed by atoms with E-state index in [4.69, 9.17) is 52.1 Å². The molecule has 0 aromatic carbocycles. The Morgan fingerprint density at radius 1 is 0.484 bits per heavy atom. The van der Waals surface area contributed by atoms with E-state index >= 15 is 0 Å². The Labute approximate surface area is 354 Å². The first kappa shape index (κ1) is 50.6. The fraction of sp³-hybridized carbons (Fsp3) is 0.917. The summed E-state index contributed by atoms with van der Waals surface area (Å²) in [6.07, 6.45) is -41.2. The van der Waals surface area contributed by atoms with Crippen LogP contribution in [-0.4, -0.2) is 241 Å². The molecule has 0 aromatic rings. The van der Waals surface area contributed by atoms with Crippen molar-refractivity contribution in [2.24, 2.45) is 0 Å². The molecular weight excluding hydrogens is 846 g/mol. The number of aliphatic hydroxyl groups is 11. The maximum atomic E-state index is 12.2. The molecule has 0 bridgehead atoms. The second-order valence-corrected chi connectivity index (χ2v) is 15.8. The first-order chi connectivity index (χ1) is 29.0. The van der Waals surface area contributed by atoms with Crippen LogP contribution in [0.15, 0.2) is 0 Å². The first-order valence-electron chi connectivity index (χ1n) is 19.9. The maximum Gasteiger partial charge on any atom is 0.303 e. The molecular formula is C36H59NO25. The van der Waals surface area contributed by atoms with E-state index in [0.29, 0.717) is 0 Å². The van der Waals surface area contributed by atoms with Gasteiger partial charge >= 0.3 is 11.9 Å². The van der Waals surface area contributed by atoms with E-state index in [9.17, 15) is 70.6 Å². The van der Waals surface area contributed by atoms with Crippen LogP contribution in [0.1, 0.15) is 41.5 Å². The Morgan fingerprint density at radius 3 is 1.61 bits per heavy atom. The van der Waals surface area contributed by atoms with Gasteiger partial charge in [-0.1, -0.05) is 0 Å². The van der Waals surface area contributed by atoms with E-state index in [0.717, 1.165) is 20.8 Å². The van der Waals surface area contributed by atoms with Gasteiger partial charge in [0.05, 0.1) is 24.9 Å². The standard InChI is InChI=1S/C36H59NO25/c1-9-18(42)23(47)31(62-34-25(49)29(56-14(6)41)19(43)10(2)53-34)36(54-9)61-30-26(50)35(55-11(3)27(30)59-33-24(48)22(46)20(44)15(7-38)58-33)60-28-17(37-12(4)39)32(51)57-16(21(28)45)8-52-13(5)40/h9-11,15-36,38,42-51H,7-8H2,1-6H3,(H,37,39)/t9-,10-,11-,15+,16+,17+,18-,19-,20+,21+,22-,23+,24+,25+,26+,27-,28+,29+,30-,31+,32+,33+,34-,35-,36-/m0/s1. The number of nitrogens with one attached hydrogen (secondary N) is 1. The van der Waals surface area contributed by atoms with Crippen molar-refractivity contribution in [3.8, 4) is 0 Å². The highest BCUT2D eigenvalue weighted by molar-refractivity contribution is 5.73. The summed E-state index contributed by atoms with van der Waals surface area (Å²) in [6.45, 7) is 5.82. The molecule has 26 nitrogen and oxygen atoms in total. The largest absolute Gasteiger partial charge is 0.463 e. The summed E-state index contributed by atoms with van der Waals surface area (Å²) in [6, 6.07) is -1.54. The van der Waals surface area contributed by atoms with E-state index < -0.39 is 185 Å². The van der Waals surface area contributed by atoms with Crippen molar-refractivity contribution in [1.82, 2.24) is 5.32 Å². The molecule has 0 aliphatic carbocycles. The smallest absolute Gasteiger partial charge is 0.303 e. The van der Waals surface area contributed by atoms with Crippen LogP contribution in [-0.2, 0) is 66.5 Å². The highest BCUT2D eigenvalue weighted by Gasteiger charge is 2.57. The summed E-state index contributed by atoms with van der Waals surface area (Å²) in [4.78, 5) is 35.6. The van der Waals surface area contributed by atoms with E-state index in [1.807, 2.05) is 0 Å². The topological polar surface area (TPSA) is 387 Å². The normalized spacial score (nSPS) is 48.8. The quantitative estimate of drug-likeness (QED) is 0.0764. The molecule has 0 saturated carbocycles. The molecule has 0 aromatic heterocycles. The number of amides is 1. The molecule has 25 atom stereocenters. The number of hydrogen-bond donors (Lipinski definition) is 12.